The average molecular weight is 329 g/mol. The van der Waals surface area contributed by atoms with Crippen molar-refractivity contribution in [3.63, 3.8) is 0 Å². The molecular formula is C13H14F6NP. The molecule has 1 aromatic heterocycles. The summed E-state index contributed by atoms with van der Waals surface area (Å²) >= 11 is 0. The number of aromatic nitrogens is 1. The molecule has 2 rings (SSSR count). The van der Waals surface area contributed by atoms with Crippen molar-refractivity contribution in [2.45, 2.75) is 6.92 Å². The Hall–Kier alpha value is -1.62. The van der Waals surface area contributed by atoms with Gasteiger partial charge in [-0.1, -0.05) is 30.3 Å². The van der Waals surface area contributed by atoms with Gasteiger partial charge in [0.25, 0.3) is 0 Å². The average Bonchev–Trinajstić information content (AvgIpc) is 2.30. The van der Waals surface area contributed by atoms with Crippen molar-refractivity contribution in [3.8, 4) is 11.1 Å². The summed E-state index contributed by atoms with van der Waals surface area (Å²) in [5.74, 6) is 0. The molecular weight excluding hydrogens is 315 g/mol. The van der Waals surface area contributed by atoms with Crippen LogP contribution in [0.1, 0.15) is 5.69 Å². The van der Waals surface area contributed by atoms with Crippen LogP contribution in [0.4, 0.5) is 25.2 Å². The van der Waals surface area contributed by atoms with Gasteiger partial charge < -0.3 is 0 Å². The Morgan fingerprint density at radius 1 is 0.810 bits per heavy atom. The number of halogens is 6. The Morgan fingerprint density at radius 3 is 1.76 bits per heavy atom. The summed E-state index contributed by atoms with van der Waals surface area (Å²) in [4.78, 5) is 0. The molecule has 0 aliphatic rings. The second kappa shape index (κ2) is 4.98. The molecule has 0 aliphatic carbocycles. The zero-order valence-corrected chi connectivity index (χ0v) is 12.2. The molecule has 0 radical (unpaired) electrons. The molecule has 0 fully saturated rings. The maximum atomic E-state index is 9.87. The number of nitrogens with zero attached hydrogens (tertiary/aromatic N) is 1. The van der Waals surface area contributed by atoms with E-state index in [4.69, 9.17) is 0 Å². The molecule has 1 heterocycles. The normalized spacial score (nSPS) is 14.5. The number of aryl methyl sites for hydroxylation is 1. The van der Waals surface area contributed by atoms with Crippen molar-refractivity contribution in [2.75, 3.05) is 0 Å². The summed E-state index contributed by atoms with van der Waals surface area (Å²) in [7, 11) is -8.59. The van der Waals surface area contributed by atoms with Crippen LogP contribution in [0, 0.1) is 6.92 Å². The number of hydrogen-bond donors (Lipinski definition) is 0. The molecule has 0 unspecified atom stereocenters. The fraction of sp³-hybridized carbons (Fsp3) is 0.154. The van der Waals surface area contributed by atoms with Gasteiger partial charge in [-0.15, -0.1) is 0 Å². The first-order valence-corrected chi connectivity index (χ1v) is 7.84. The topological polar surface area (TPSA) is 3.88 Å². The van der Waals surface area contributed by atoms with E-state index in [-0.39, 0.29) is 0 Å². The summed E-state index contributed by atoms with van der Waals surface area (Å²) in [6.45, 7) is 2.14. The minimum atomic E-state index is -10.7. The summed E-state index contributed by atoms with van der Waals surface area (Å²) in [6, 6.07) is 14.7. The van der Waals surface area contributed by atoms with Gasteiger partial charge in [0.05, 0.1) is 0 Å². The first kappa shape index (κ1) is 17.4. The zero-order valence-electron chi connectivity index (χ0n) is 11.3. The Kier molecular flexibility index (Phi) is 4.14. The van der Waals surface area contributed by atoms with E-state index in [1.807, 2.05) is 6.07 Å². The van der Waals surface area contributed by atoms with E-state index in [1.54, 1.807) is 0 Å². The third-order valence-electron chi connectivity index (χ3n) is 2.58. The first-order valence-electron chi connectivity index (χ1n) is 5.81. The standard InChI is InChI=1S/C13H14N.F6P/c1-11-13(9-6-10-14(11)2)12-7-4-3-5-8-12;1-7(2,3,4,5)6/h3-10H,1-2H3;/q+1;-1. The van der Waals surface area contributed by atoms with Crippen LogP contribution in [0.2, 0.25) is 0 Å². The molecule has 0 bridgehead atoms. The molecule has 0 atom stereocenters. The van der Waals surface area contributed by atoms with Gasteiger partial charge in [0.2, 0.25) is 0 Å². The van der Waals surface area contributed by atoms with Crippen LogP contribution in [0.25, 0.3) is 11.1 Å². The van der Waals surface area contributed by atoms with Gasteiger partial charge >= 0.3 is 33.0 Å². The van der Waals surface area contributed by atoms with Crippen LogP contribution in [-0.4, -0.2) is 0 Å². The maximum absolute atomic E-state index is 10.7. The fourth-order valence-electron chi connectivity index (χ4n) is 1.61. The monoisotopic (exact) mass is 329 g/mol. The molecule has 2 aromatic rings. The molecule has 8 heteroatoms. The molecule has 0 aliphatic heterocycles. The zero-order chi connectivity index (χ0) is 16.4. The van der Waals surface area contributed by atoms with Gasteiger partial charge in [-0.05, 0) is 11.6 Å². The second-order valence-corrected chi connectivity index (χ2v) is 6.36. The molecule has 0 N–H and O–H groups in total. The van der Waals surface area contributed by atoms with E-state index in [0.29, 0.717) is 0 Å². The Labute approximate surface area is 118 Å². The van der Waals surface area contributed by atoms with Crippen molar-refractivity contribution < 1.29 is 29.7 Å². The molecule has 21 heavy (non-hydrogen) atoms. The molecule has 0 saturated heterocycles. The molecule has 0 saturated carbocycles. The molecule has 1 nitrogen and oxygen atoms in total. The third-order valence-corrected chi connectivity index (χ3v) is 2.58. The van der Waals surface area contributed by atoms with Crippen LogP contribution in [0.15, 0.2) is 48.7 Å². The Morgan fingerprint density at radius 2 is 1.29 bits per heavy atom. The van der Waals surface area contributed by atoms with E-state index in [0.717, 1.165) is 0 Å². The van der Waals surface area contributed by atoms with Crippen molar-refractivity contribution in [2.24, 2.45) is 7.05 Å². The summed E-state index contributed by atoms with van der Waals surface area (Å²) in [6.07, 6.45) is 2.07. The quantitative estimate of drug-likeness (QED) is 0.350. The van der Waals surface area contributed by atoms with E-state index >= 15 is 0 Å². The van der Waals surface area contributed by atoms with Crippen molar-refractivity contribution in [1.82, 2.24) is 0 Å². The molecule has 0 amide bonds. The van der Waals surface area contributed by atoms with E-state index in [2.05, 4.69) is 61.1 Å². The SMILES string of the molecule is Cc1c(-c2ccccc2)ccc[n+]1C.F[P-](F)(F)(F)(F)F. The molecule has 0 spiro atoms. The third kappa shape index (κ3) is 8.30. The summed E-state index contributed by atoms with van der Waals surface area (Å²) < 4.78 is 61.3. The van der Waals surface area contributed by atoms with E-state index < -0.39 is 7.81 Å². The summed E-state index contributed by atoms with van der Waals surface area (Å²) in [5, 5.41) is 0. The van der Waals surface area contributed by atoms with Crippen LogP contribution >= 0.6 is 7.81 Å². The van der Waals surface area contributed by atoms with Crippen LogP contribution in [0.5, 0.6) is 0 Å². The second-order valence-electron chi connectivity index (χ2n) is 4.44. The first-order chi connectivity index (χ1) is 9.24. The van der Waals surface area contributed by atoms with E-state index in [9.17, 15) is 25.2 Å². The van der Waals surface area contributed by atoms with Gasteiger partial charge in [0.1, 0.15) is 7.05 Å². The molecule has 118 valence electrons. The van der Waals surface area contributed by atoms with Gasteiger partial charge in [-0.3, -0.25) is 0 Å². The number of rotatable bonds is 1. The Bertz CT molecular complexity index is 610. The molecule has 1 aromatic carbocycles. The Balaban J connectivity index is 0.000000270. The van der Waals surface area contributed by atoms with Crippen LogP contribution < -0.4 is 4.57 Å². The number of pyridine rings is 1. The van der Waals surface area contributed by atoms with Crippen molar-refractivity contribution >= 4 is 7.81 Å². The van der Waals surface area contributed by atoms with E-state index in [1.165, 1.54) is 16.8 Å². The van der Waals surface area contributed by atoms with Crippen LogP contribution in [0.3, 0.4) is 0 Å². The van der Waals surface area contributed by atoms with Crippen LogP contribution in [-0.2, 0) is 7.05 Å². The van der Waals surface area contributed by atoms with Crippen molar-refractivity contribution in [3.05, 3.63) is 54.4 Å². The summed E-state index contributed by atoms with van der Waals surface area (Å²) in [5.41, 5.74) is 3.87. The van der Waals surface area contributed by atoms with Gasteiger partial charge in [-0.2, -0.15) is 0 Å². The number of benzene rings is 1. The number of hydrogen-bond acceptors (Lipinski definition) is 0. The van der Waals surface area contributed by atoms with Crippen molar-refractivity contribution in [1.29, 1.82) is 0 Å². The van der Waals surface area contributed by atoms with Gasteiger partial charge in [0, 0.05) is 18.6 Å². The van der Waals surface area contributed by atoms with Gasteiger partial charge in [-0.25, -0.2) is 4.57 Å². The minimum absolute atomic E-state index is 1.28. The predicted molar refractivity (Wildman–Crippen MR) is 71.4 cm³/mol. The fourth-order valence-corrected chi connectivity index (χ4v) is 1.61. The predicted octanol–water partition coefficient (Wildman–Crippen LogP) is 5.87. The van der Waals surface area contributed by atoms with Gasteiger partial charge in [0.15, 0.2) is 11.9 Å².